The molecule has 0 saturated carbocycles. The molecule has 1 fully saturated rings. The molecule has 1 aliphatic heterocycles. The Balaban J connectivity index is 1.64. The Bertz CT molecular complexity index is 1120. The first kappa shape index (κ1) is 19.3. The predicted molar refractivity (Wildman–Crippen MR) is 105 cm³/mol. The Hall–Kier alpha value is -3.05. The third kappa shape index (κ3) is 4.20. The van der Waals surface area contributed by atoms with Crippen LogP contribution in [0.25, 0.3) is 11.4 Å². The predicted octanol–water partition coefficient (Wildman–Crippen LogP) is 0.710. The number of aromatic nitrogens is 5. The zero-order valence-corrected chi connectivity index (χ0v) is 16.8. The molecule has 0 radical (unpaired) electrons. The summed E-state index contributed by atoms with van der Waals surface area (Å²) in [6.45, 7) is 0.229. The van der Waals surface area contributed by atoms with E-state index in [4.69, 9.17) is 0 Å². The first-order chi connectivity index (χ1) is 13.8. The molecule has 3 heterocycles. The van der Waals surface area contributed by atoms with E-state index in [2.05, 4.69) is 25.0 Å². The number of sulfonamides is 1. The molecule has 0 spiro atoms. The number of hydrogen-bond donors (Lipinski definition) is 2. The van der Waals surface area contributed by atoms with E-state index in [1.807, 2.05) is 30.3 Å². The lowest BCUT2D eigenvalue weighted by atomic mass is 10.1. The molecule has 29 heavy (non-hydrogen) atoms. The fourth-order valence-electron chi connectivity index (χ4n) is 3.54. The van der Waals surface area contributed by atoms with Crippen LogP contribution in [0.3, 0.4) is 0 Å². The van der Waals surface area contributed by atoms with Gasteiger partial charge in [0.2, 0.25) is 10.0 Å². The summed E-state index contributed by atoms with van der Waals surface area (Å²) in [7, 11) is -1.68. The van der Waals surface area contributed by atoms with Crippen molar-refractivity contribution in [2.45, 2.75) is 18.5 Å². The molecule has 0 unspecified atom stereocenters. The first-order valence-electron chi connectivity index (χ1n) is 9.05. The molecule has 11 heteroatoms. The number of H-pyrrole nitrogens is 1. The number of rotatable bonds is 5. The molecule has 152 valence electrons. The van der Waals surface area contributed by atoms with E-state index < -0.39 is 22.1 Å². The van der Waals surface area contributed by atoms with Gasteiger partial charge in [0, 0.05) is 31.4 Å². The molecule has 1 amide bonds. The van der Waals surface area contributed by atoms with Crippen LogP contribution in [0.4, 0.5) is 0 Å². The second kappa shape index (κ2) is 7.41. The number of amides is 1. The fourth-order valence-corrected chi connectivity index (χ4v) is 4.32. The van der Waals surface area contributed by atoms with Crippen molar-refractivity contribution in [3.8, 4) is 11.4 Å². The van der Waals surface area contributed by atoms with Gasteiger partial charge in [-0.3, -0.25) is 14.6 Å². The maximum atomic E-state index is 13.1. The lowest BCUT2D eigenvalue weighted by molar-refractivity contribution is 0.0728. The van der Waals surface area contributed by atoms with Crippen molar-refractivity contribution < 1.29 is 13.2 Å². The van der Waals surface area contributed by atoms with Crippen molar-refractivity contribution in [1.29, 1.82) is 0 Å². The number of hydrogen-bond acceptors (Lipinski definition) is 6. The van der Waals surface area contributed by atoms with Gasteiger partial charge in [-0.1, -0.05) is 30.3 Å². The number of benzene rings is 1. The van der Waals surface area contributed by atoms with Crippen LogP contribution in [-0.4, -0.2) is 63.0 Å². The molecule has 4 rings (SSSR count). The van der Waals surface area contributed by atoms with E-state index in [-0.39, 0.29) is 12.5 Å². The van der Waals surface area contributed by atoms with E-state index in [1.165, 1.54) is 6.20 Å². The average molecular weight is 415 g/mol. The van der Waals surface area contributed by atoms with Crippen LogP contribution in [0, 0.1) is 0 Å². The number of likely N-dealkylation sites (tertiary alicyclic amines) is 1. The lowest BCUT2D eigenvalue weighted by Crippen LogP contribution is -2.38. The highest BCUT2D eigenvalue weighted by Crippen LogP contribution is 2.32. The minimum Gasteiger partial charge on any atom is -0.327 e. The number of aromatic amines is 1. The Morgan fingerprint density at radius 1 is 1.28 bits per heavy atom. The van der Waals surface area contributed by atoms with Crippen molar-refractivity contribution in [2.75, 3.05) is 12.8 Å². The van der Waals surface area contributed by atoms with Crippen LogP contribution in [0.1, 0.15) is 28.6 Å². The molecule has 0 aliphatic carbocycles. The van der Waals surface area contributed by atoms with Gasteiger partial charge in [-0.2, -0.15) is 10.2 Å². The SMILES string of the molecule is Cn1cc(C(=O)N2C[C@@H](NS(C)(=O)=O)C[C@H]2c2nc(-c3ccccc3)n[nH]2)cn1. The largest absolute Gasteiger partial charge is 0.327 e. The molecule has 1 aliphatic rings. The highest BCUT2D eigenvalue weighted by molar-refractivity contribution is 7.88. The number of nitrogens with zero attached hydrogens (tertiary/aromatic N) is 5. The monoisotopic (exact) mass is 415 g/mol. The summed E-state index contributed by atoms with van der Waals surface area (Å²) in [5, 5.41) is 11.2. The van der Waals surface area contributed by atoms with Crippen molar-refractivity contribution >= 4 is 15.9 Å². The van der Waals surface area contributed by atoms with Crippen LogP contribution < -0.4 is 4.72 Å². The van der Waals surface area contributed by atoms with Crippen LogP contribution in [-0.2, 0) is 17.1 Å². The summed E-state index contributed by atoms with van der Waals surface area (Å²) in [4.78, 5) is 19.2. The highest BCUT2D eigenvalue weighted by atomic mass is 32.2. The molecular formula is C18H21N7O3S. The summed E-state index contributed by atoms with van der Waals surface area (Å²) in [5.41, 5.74) is 1.28. The average Bonchev–Trinajstić information content (AvgIpc) is 3.39. The molecule has 3 aromatic rings. The summed E-state index contributed by atoms with van der Waals surface area (Å²) >= 11 is 0. The molecule has 1 aromatic carbocycles. The van der Waals surface area contributed by atoms with Crippen LogP contribution in [0.5, 0.6) is 0 Å². The van der Waals surface area contributed by atoms with Crippen LogP contribution in [0.15, 0.2) is 42.7 Å². The number of nitrogens with one attached hydrogen (secondary N) is 2. The van der Waals surface area contributed by atoms with E-state index in [1.54, 1.807) is 22.8 Å². The van der Waals surface area contributed by atoms with Crippen LogP contribution >= 0.6 is 0 Å². The van der Waals surface area contributed by atoms with Crippen molar-refractivity contribution in [3.05, 3.63) is 54.1 Å². The van der Waals surface area contributed by atoms with Crippen molar-refractivity contribution in [2.24, 2.45) is 7.05 Å². The first-order valence-corrected chi connectivity index (χ1v) is 10.9. The number of aryl methyl sites for hydroxylation is 1. The van der Waals surface area contributed by atoms with E-state index >= 15 is 0 Å². The molecular weight excluding hydrogens is 394 g/mol. The Labute approximate surface area is 168 Å². The fraction of sp³-hybridized carbons (Fsp3) is 0.333. The third-order valence-corrected chi connectivity index (χ3v) is 5.51. The number of carbonyl (C=O) groups is 1. The maximum absolute atomic E-state index is 13.1. The normalized spacial score (nSPS) is 19.6. The minimum atomic E-state index is -3.41. The topological polar surface area (TPSA) is 126 Å². The van der Waals surface area contributed by atoms with Gasteiger partial charge >= 0.3 is 0 Å². The van der Waals surface area contributed by atoms with Gasteiger partial charge in [-0.15, -0.1) is 0 Å². The van der Waals surface area contributed by atoms with Crippen molar-refractivity contribution in [3.63, 3.8) is 0 Å². The van der Waals surface area contributed by atoms with Gasteiger partial charge in [-0.25, -0.2) is 18.1 Å². The molecule has 10 nitrogen and oxygen atoms in total. The number of carbonyl (C=O) groups excluding carboxylic acids is 1. The molecule has 1 saturated heterocycles. The molecule has 2 aromatic heterocycles. The van der Waals surface area contributed by atoms with E-state index in [0.29, 0.717) is 23.6 Å². The Morgan fingerprint density at radius 3 is 2.69 bits per heavy atom. The van der Waals surface area contributed by atoms with Gasteiger partial charge < -0.3 is 4.90 Å². The van der Waals surface area contributed by atoms with Crippen molar-refractivity contribution in [1.82, 2.24) is 34.6 Å². The second-order valence-electron chi connectivity index (χ2n) is 7.11. The zero-order valence-electron chi connectivity index (χ0n) is 16.0. The summed E-state index contributed by atoms with van der Waals surface area (Å²) in [5.74, 6) is 0.798. The van der Waals surface area contributed by atoms with Crippen LogP contribution in [0.2, 0.25) is 0 Å². The van der Waals surface area contributed by atoms with Gasteiger partial charge in [0.05, 0.1) is 24.1 Å². The summed E-state index contributed by atoms with van der Waals surface area (Å²) in [6.07, 6.45) is 4.62. The third-order valence-electron chi connectivity index (χ3n) is 4.74. The standard InChI is InChI=1S/C18H21N7O3S/c1-24-10-13(9-19-24)18(26)25-11-14(23-29(2,27)28)8-15(25)17-20-16(21-22-17)12-6-4-3-5-7-12/h3-7,9-10,14-15,23H,8,11H2,1-2H3,(H,20,21,22)/t14-,15-/m0/s1. The quantitative estimate of drug-likeness (QED) is 0.632. The Kier molecular flexibility index (Phi) is 4.92. The van der Waals surface area contributed by atoms with Gasteiger partial charge in [0.15, 0.2) is 5.82 Å². The summed E-state index contributed by atoms with van der Waals surface area (Å²) in [6, 6.07) is 8.63. The van der Waals surface area contributed by atoms with E-state index in [0.717, 1.165) is 11.8 Å². The van der Waals surface area contributed by atoms with Gasteiger partial charge in [0.1, 0.15) is 5.82 Å². The van der Waals surface area contributed by atoms with Gasteiger partial charge in [0.25, 0.3) is 5.91 Å². The minimum absolute atomic E-state index is 0.229. The molecule has 0 bridgehead atoms. The van der Waals surface area contributed by atoms with Gasteiger partial charge in [-0.05, 0) is 6.42 Å². The molecule has 2 atom stereocenters. The highest BCUT2D eigenvalue weighted by Gasteiger charge is 2.39. The maximum Gasteiger partial charge on any atom is 0.257 e. The summed E-state index contributed by atoms with van der Waals surface area (Å²) < 4.78 is 27.6. The zero-order chi connectivity index (χ0) is 20.6. The molecule has 2 N–H and O–H groups in total. The Morgan fingerprint density at radius 2 is 2.03 bits per heavy atom. The lowest BCUT2D eigenvalue weighted by Gasteiger charge is -2.22. The smallest absolute Gasteiger partial charge is 0.257 e. The second-order valence-corrected chi connectivity index (χ2v) is 8.89. The van der Waals surface area contributed by atoms with E-state index in [9.17, 15) is 13.2 Å².